The lowest BCUT2D eigenvalue weighted by atomic mass is 9.87. The van der Waals surface area contributed by atoms with Gasteiger partial charge in [0.05, 0.1) is 0 Å². The molecule has 2 aliphatic rings. The van der Waals surface area contributed by atoms with E-state index in [1.54, 1.807) is 36.7 Å². The number of hydrogen-bond acceptors (Lipinski definition) is 5. The molecule has 1 saturated heterocycles. The molecule has 1 saturated carbocycles. The molecule has 0 bridgehead atoms. The molecule has 0 radical (unpaired) electrons. The molecule has 9 heteroatoms. The average Bonchev–Trinajstić information content (AvgIpc) is 3.21. The number of nitriles is 1. The number of pyridine rings is 1. The van der Waals surface area contributed by atoms with Gasteiger partial charge in [-0.3, -0.25) is 24.4 Å². The lowest BCUT2D eigenvalue weighted by Gasteiger charge is -2.36. The first-order valence-electron chi connectivity index (χ1n) is 13.2. The van der Waals surface area contributed by atoms with Crippen molar-refractivity contribution in [2.75, 3.05) is 11.4 Å². The summed E-state index contributed by atoms with van der Waals surface area (Å²) in [5, 5.41) is 12.6. The second-order valence-corrected chi connectivity index (χ2v) is 11.2. The third-order valence-electron chi connectivity index (χ3n) is 7.47. The Bertz CT molecular complexity index is 1170. The van der Waals surface area contributed by atoms with Crippen LogP contribution in [0.5, 0.6) is 0 Å². The number of nitrogens with zero attached hydrogens (tertiary/aromatic N) is 4. The van der Waals surface area contributed by atoms with Crippen LogP contribution in [0.25, 0.3) is 0 Å². The van der Waals surface area contributed by atoms with Gasteiger partial charge in [0.15, 0.2) is 12.2 Å². The van der Waals surface area contributed by atoms with Crippen molar-refractivity contribution < 1.29 is 18.4 Å². The second kappa shape index (κ2) is 11.1. The Hall–Kier alpha value is -3.54. The highest BCUT2D eigenvalue weighted by molar-refractivity contribution is 6.04. The van der Waals surface area contributed by atoms with Crippen molar-refractivity contribution in [2.45, 2.75) is 88.8 Å². The minimum absolute atomic E-state index is 0.0563. The molecule has 4 rings (SSSR count). The van der Waals surface area contributed by atoms with Crippen LogP contribution in [0.15, 0.2) is 48.8 Å². The summed E-state index contributed by atoms with van der Waals surface area (Å²) in [4.78, 5) is 34.1. The fourth-order valence-electron chi connectivity index (χ4n) is 5.32. The van der Waals surface area contributed by atoms with Crippen molar-refractivity contribution in [3.8, 4) is 6.19 Å². The summed E-state index contributed by atoms with van der Waals surface area (Å²) in [7, 11) is 0. The third-order valence-corrected chi connectivity index (χ3v) is 7.47. The zero-order valence-corrected chi connectivity index (χ0v) is 22.2. The highest BCUT2D eigenvalue weighted by Gasteiger charge is 2.56. The van der Waals surface area contributed by atoms with Gasteiger partial charge in [-0.1, -0.05) is 58.2 Å². The molecule has 2 atom stereocenters. The van der Waals surface area contributed by atoms with Crippen LogP contribution in [0.2, 0.25) is 0 Å². The van der Waals surface area contributed by atoms with E-state index in [1.165, 1.54) is 6.20 Å². The van der Waals surface area contributed by atoms with Gasteiger partial charge in [0, 0.05) is 42.7 Å². The average molecular weight is 524 g/mol. The number of carbonyl (C=O) groups is 2. The molecule has 1 N–H and O–H groups in total. The Morgan fingerprint density at radius 3 is 2.42 bits per heavy atom. The molecule has 2 fully saturated rings. The fraction of sp³-hybridized carbons (Fsp3) is 0.517. The molecule has 1 aliphatic carbocycles. The molecule has 2 unspecified atom stereocenters. The van der Waals surface area contributed by atoms with Crippen LogP contribution in [0.4, 0.5) is 14.5 Å². The van der Waals surface area contributed by atoms with Crippen LogP contribution in [-0.4, -0.2) is 46.2 Å². The Balaban J connectivity index is 1.82. The monoisotopic (exact) mass is 523 g/mol. The molecule has 1 aromatic heterocycles. The minimum Gasteiger partial charge on any atom is -0.351 e. The normalized spacial score (nSPS) is 20.4. The summed E-state index contributed by atoms with van der Waals surface area (Å²) in [6.07, 6.45) is 8.89. The van der Waals surface area contributed by atoms with Gasteiger partial charge < -0.3 is 5.32 Å². The number of benzene rings is 1. The van der Waals surface area contributed by atoms with Gasteiger partial charge in [0.25, 0.3) is 11.8 Å². The van der Waals surface area contributed by atoms with Crippen molar-refractivity contribution >= 4 is 17.5 Å². The first-order valence-corrected chi connectivity index (χ1v) is 13.2. The van der Waals surface area contributed by atoms with Gasteiger partial charge >= 0.3 is 0 Å². The van der Waals surface area contributed by atoms with Crippen molar-refractivity contribution in [2.24, 2.45) is 0 Å². The summed E-state index contributed by atoms with van der Waals surface area (Å²) in [6, 6.07) is 7.04. The standard InChI is InChI=1S/C29H35F2N5O2/c1-28(2,3)21-11-13-23(14-12-21)36(27(38)25-29(30,31)15-17-35(25)19-32)24(20-8-7-16-33-18-20)26(37)34-22-9-5-4-6-10-22/h7-8,11-14,16,18,22,24-25H,4-6,9-10,15,17H2,1-3H3,(H,34,37). The van der Waals surface area contributed by atoms with E-state index in [2.05, 4.69) is 10.3 Å². The van der Waals surface area contributed by atoms with Gasteiger partial charge in [-0.2, -0.15) is 5.26 Å². The zero-order chi connectivity index (χ0) is 27.5. The van der Waals surface area contributed by atoms with Gasteiger partial charge in [-0.25, -0.2) is 8.78 Å². The van der Waals surface area contributed by atoms with Crippen molar-refractivity contribution in [1.29, 1.82) is 5.26 Å². The molecule has 1 aromatic carbocycles. The maximum atomic E-state index is 15.1. The predicted octanol–water partition coefficient (Wildman–Crippen LogP) is 5.09. The summed E-state index contributed by atoms with van der Waals surface area (Å²) < 4.78 is 30.2. The smallest absolute Gasteiger partial charge is 0.279 e. The maximum absolute atomic E-state index is 15.1. The SMILES string of the molecule is CC(C)(C)c1ccc(N(C(=O)C2N(C#N)CCC2(F)F)C(C(=O)NC2CCCCC2)c2cccnc2)cc1. The molecule has 2 aromatic rings. The highest BCUT2D eigenvalue weighted by atomic mass is 19.3. The predicted molar refractivity (Wildman–Crippen MR) is 140 cm³/mol. The maximum Gasteiger partial charge on any atom is 0.279 e. The van der Waals surface area contributed by atoms with Crippen LogP contribution in [-0.2, 0) is 15.0 Å². The minimum atomic E-state index is -3.42. The lowest BCUT2D eigenvalue weighted by Crippen LogP contribution is -2.55. The van der Waals surface area contributed by atoms with Gasteiger partial charge in [-0.15, -0.1) is 0 Å². The Morgan fingerprint density at radius 1 is 1.16 bits per heavy atom. The number of nitrogens with one attached hydrogen (secondary N) is 1. The molecule has 7 nitrogen and oxygen atoms in total. The van der Waals surface area contributed by atoms with E-state index in [0.29, 0.717) is 11.3 Å². The van der Waals surface area contributed by atoms with Crippen LogP contribution < -0.4 is 10.2 Å². The van der Waals surface area contributed by atoms with Gasteiger partial charge in [0.1, 0.15) is 6.04 Å². The molecule has 202 valence electrons. The number of rotatable bonds is 6. The van der Waals surface area contributed by atoms with Crippen molar-refractivity contribution in [1.82, 2.24) is 15.2 Å². The van der Waals surface area contributed by atoms with Crippen molar-refractivity contribution in [3.05, 3.63) is 59.9 Å². The Morgan fingerprint density at radius 2 is 1.84 bits per heavy atom. The number of aromatic nitrogens is 1. The molecular weight excluding hydrogens is 488 g/mol. The van der Waals surface area contributed by atoms with E-state index in [4.69, 9.17) is 0 Å². The molecule has 1 aliphatic heterocycles. The van der Waals surface area contributed by atoms with E-state index < -0.39 is 36.2 Å². The fourth-order valence-corrected chi connectivity index (χ4v) is 5.32. The number of hydrogen-bond donors (Lipinski definition) is 1. The molecular formula is C29H35F2N5O2. The third kappa shape index (κ3) is 5.79. The number of halogens is 2. The van der Waals surface area contributed by atoms with Crippen molar-refractivity contribution in [3.63, 3.8) is 0 Å². The number of likely N-dealkylation sites (tertiary alicyclic amines) is 1. The van der Waals surface area contributed by atoms with Crippen LogP contribution in [0.3, 0.4) is 0 Å². The topological polar surface area (TPSA) is 89.3 Å². The second-order valence-electron chi connectivity index (χ2n) is 11.2. The number of carbonyl (C=O) groups excluding carboxylic acids is 2. The van der Waals surface area contributed by atoms with Crippen LogP contribution >= 0.6 is 0 Å². The first-order chi connectivity index (χ1) is 18.0. The summed E-state index contributed by atoms with van der Waals surface area (Å²) >= 11 is 0. The molecule has 2 heterocycles. The number of alkyl halides is 2. The van der Waals surface area contributed by atoms with E-state index in [1.807, 2.05) is 32.9 Å². The highest BCUT2D eigenvalue weighted by Crippen LogP contribution is 2.38. The number of anilines is 1. The Labute approximate surface area is 222 Å². The van der Waals surface area contributed by atoms with Crippen LogP contribution in [0.1, 0.15) is 76.5 Å². The van der Waals surface area contributed by atoms with Crippen LogP contribution in [0, 0.1) is 11.5 Å². The quantitative estimate of drug-likeness (QED) is 0.533. The van der Waals surface area contributed by atoms with E-state index in [9.17, 15) is 14.9 Å². The van der Waals surface area contributed by atoms with E-state index >= 15 is 8.78 Å². The largest absolute Gasteiger partial charge is 0.351 e. The molecule has 2 amide bonds. The Kier molecular flexibility index (Phi) is 8.00. The van der Waals surface area contributed by atoms with E-state index in [0.717, 1.165) is 47.5 Å². The van der Waals surface area contributed by atoms with Gasteiger partial charge in [0.2, 0.25) is 5.91 Å². The zero-order valence-electron chi connectivity index (χ0n) is 22.2. The molecule has 38 heavy (non-hydrogen) atoms. The summed E-state index contributed by atoms with van der Waals surface area (Å²) in [5.41, 5.74) is 1.52. The van der Waals surface area contributed by atoms with E-state index in [-0.39, 0.29) is 18.0 Å². The number of amides is 2. The lowest BCUT2D eigenvalue weighted by molar-refractivity contribution is -0.134. The molecule has 0 spiro atoms. The summed E-state index contributed by atoms with van der Waals surface area (Å²) in [5.74, 6) is -4.87. The summed E-state index contributed by atoms with van der Waals surface area (Å²) in [6.45, 7) is 5.91. The first kappa shape index (κ1) is 27.5. The van der Waals surface area contributed by atoms with Gasteiger partial charge in [-0.05, 0) is 42.0 Å².